The normalized spacial score (nSPS) is 23.0. The molecule has 9 nitrogen and oxygen atoms in total. The summed E-state index contributed by atoms with van der Waals surface area (Å²) in [4.78, 5) is 42.9. The molecule has 31 heavy (non-hydrogen) atoms. The lowest BCUT2D eigenvalue weighted by molar-refractivity contribution is -0.133. The fraction of sp³-hybridized carbons (Fsp3) is 0.429. The lowest BCUT2D eigenvalue weighted by Gasteiger charge is -2.42. The summed E-state index contributed by atoms with van der Waals surface area (Å²) >= 11 is 1.34. The molecule has 0 radical (unpaired) electrons. The number of carbonyl (C=O) groups excluding carboxylic acids is 3. The molecule has 2 aromatic rings. The summed E-state index contributed by atoms with van der Waals surface area (Å²) in [6, 6.07) is 4.82. The Balaban J connectivity index is 1.52. The molecule has 1 aromatic carbocycles. The van der Waals surface area contributed by atoms with Crippen molar-refractivity contribution in [3.63, 3.8) is 0 Å². The van der Waals surface area contributed by atoms with Crippen LogP contribution in [0.5, 0.6) is 5.75 Å². The molecule has 2 N–H and O–H groups in total. The Hall–Kier alpha value is -2.98. The van der Waals surface area contributed by atoms with E-state index in [0.29, 0.717) is 35.5 Å². The Morgan fingerprint density at radius 2 is 2.16 bits per heavy atom. The summed E-state index contributed by atoms with van der Waals surface area (Å²) in [6.45, 7) is 0.268. The van der Waals surface area contributed by atoms with E-state index in [1.165, 1.54) is 11.3 Å². The highest BCUT2D eigenvalue weighted by Gasteiger charge is 2.39. The van der Waals surface area contributed by atoms with Crippen LogP contribution in [0.1, 0.15) is 40.1 Å². The molecule has 2 aliphatic rings. The van der Waals surface area contributed by atoms with Crippen LogP contribution in [0.3, 0.4) is 0 Å². The number of aromatic nitrogens is 1. The molecular weight excluding hydrogens is 420 g/mol. The SMILES string of the molecule is CNC(=O)C[C@H]1CC[C@@H]2[C@H](COc3ccc(NC(=O)c4cscn4)cc3C(=O)N2C)O1. The lowest BCUT2D eigenvalue weighted by Crippen LogP contribution is -2.53. The van der Waals surface area contributed by atoms with Crippen molar-refractivity contribution in [1.29, 1.82) is 0 Å². The van der Waals surface area contributed by atoms with Gasteiger partial charge in [-0.15, -0.1) is 11.3 Å². The zero-order valence-electron chi connectivity index (χ0n) is 17.3. The number of hydrogen-bond acceptors (Lipinski definition) is 7. The molecule has 0 saturated carbocycles. The van der Waals surface area contributed by atoms with Gasteiger partial charge >= 0.3 is 0 Å². The third-order valence-electron chi connectivity index (χ3n) is 5.63. The van der Waals surface area contributed by atoms with E-state index in [9.17, 15) is 14.4 Å². The topological polar surface area (TPSA) is 110 Å². The van der Waals surface area contributed by atoms with Crippen molar-refractivity contribution >= 4 is 34.7 Å². The average molecular weight is 445 g/mol. The predicted octanol–water partition coefficient (Wildman–Crippen LogP) is 1.91. The molecule has 3 amide bonds. The number of amides is 3. The first kappa shape index (κ1) is 21.3. The molecule has 0 bridgehead atoms. The van der Waals surface area contributed by atoms with Crippen LogP contribution in [0.25, 0.3) is 0 Å². The lowest BCUT2D eigenvalue weighted by atomic mass is 9.94. The van der Waals surface area contributed by atoms with Crippen LogP contribution < -0.4 is 15.4 Å². The number of fused-ring (bicyclic) bond motifs is 2. The van der Waals surface area contributed by atoms with Gasteiger partial charge in [-0.25, -0.2) is 4.98 Å². The van der Waals surface area contributed by atoms with Gasteiger partial charge in [0.25, 0.3) is 11.8 Å². The Kier molecular flexibility index (Phi) is 6.19. The zero-order valence-corrected chi connectivity index (χ0v) is 18.1. The van der Waals surface area contributed by atoms with E-state index < -0.39 is 0 Å². The minimum absolute atomic E-state index is 0.0720. The van der Waals surface area contributed by atoms with Crippen molar-refractivity contribution in [2.45, 2.75) is 37.5 Å². The van der Waals surface area contributed by atoms with Gasteiger partial charge in [0.05, 0.1) is 29.6 Å². The first-order valence-corrected chi connectivity index (χ1v) is 11.0. The van der Waals surface area contributed by atoms with Gasteiger partial charge in [0.15, 0.2) is 0 Å². The molecule has 164 valence electrons. The van der Waals surface area contributed by atoms with Crippen LogP contribution in [-0.4, -0.2) is 66.6 Å². The number of nitrogens with one attached hydrogen (secondary N) is 2. The molecule has 0 spiro atoms. The summed E-state index contributed by atoms with van der Waals surface area (Å²) in [5.74, 6) is -0.185. The fourth-order valence-corrected chi connectivity index (χ4v) is 4.47. The van der Waals surface area contributed by atoms with Gasteiger partial charge < -0.3 is 25.0 Å². The monoisotopic (exact) mass is 444 g/mol. The summed E-state index contributed by atoms with van der Waals surface area (Å²) in [5, 5.41) is 7.04. The van der Waals surface area contributed by atoms with Crippen molar-refractivity contribution in [1.82, 2.24) is 15.2 Å². The van der Waals surface area contributed by atoms with E-state index >= 15 is 0 Å². The second kappa shape index (κ2) is 9.03. The van der Waals surface area contributed by atoms with Gasteiger partial charge in [-0.2, -0.15) is 0 Å². The van der Waals surface area contributed by atoms with E-state index in [2.05, 4.69) is 15.6 Å². The van der Waals surface area contributed by atoms with Gasteiger partial charge in [0.1, 0.15) is 24.2 Å². The number of thiazole rings is 1. The third-order valence-corrected chi connectivity index (χ3v) is 6.21. The van der Waals surface area contributed by atoms with Crippen LogP contribution >= 0.6 is 11.3 Å². The smallest absolute Gasteiger partial charge is 0.275 e. The zero-order chi connectivity index (χ0) is 22.0. The van der Waals surface area contributed by atoms with Gasteiger partial charge in [0.2, 0.25) is 5.91 Å². The minimum atomic E-state index is -0.336. The number of nitrogens with zero attached hydrogens (tertiary/aromatic N) is 2. The number of ether oxygens (including phenoxy) is 2. The maximum atomic E-state index is 13.2. The van der Waals surface area contributed by atoms with E-state index in [-0.39, 0.29) is 49.0 Å². The summed E-state index contributed by atoms with van der Waals surface area (Å²) in [5.41, 5.74) is 2.78. The van der Waals surface area contributed by atoms with Crippen LogP contribution in [0, 0.1) is 0 Å². The van der Waals surface area contributed by atoms with Crippen LogP contribution in [-0.2, 0) is 9.53 Å². The Morgan fingerprint density at radius 1 is 1.32 bits per heavy atom. The van der Waals surface area contributed by atoms with Gasteiger partial charge in [-0.05, 0) is 31.0 Å². The molecule has 2 aliphatic heterocycles. The Bertz CT molecular complexity index is 980. The van der Waals surface area contributed by atoms with Crippen LogP contribution in [0.4, 0.5) is 5.69 Å². The van der Waals surface area contributed by atoms with Crippen LogP contribution in [0.2, 0.25) is 0 Å². The molecule has 1 saturated heterocycles. The third kappa shape index (κ3) is 4.54. The Labute approximate surface area is 183 Å². The fourth-order valence-electron chi connectivity index (χ4n) is 3.93. The summed E-state index contributed by atoms with van der Waals surface area (Å²) in [7, 11) is 3.35. The summed E-state index contributed by atoms with van der Waals surface area (Å²) in [6.07, 6.45) is 1.16. The highest BCUT2D eigenvalue weighted by Crippen LogP contribution is 2.32. The van der Waals surface area contributed by atoms with Gasteiger partial charge in [0, 0.05) is 25.2 Å². The molecule has 3 heterocycles. The first-order valence-electron chi connectivity index (χ1n) is 10.1. The molecule has 0 unspecified atom stereocenters. The number of carbonyl (C=O) groups is 3. The van der Waals surface area contributed by atoms with Gasteiger partial charge in [-0.3, -0.25) is 14.4 Å². The second-order valence-electron chi connectivity index (χ2n) is 7.58. The van der Waals surface area contributed by atoms with E-state index in [4.69, 9.17) is 9.47 Å². The highest BCUT2D eigenvalue weighted by atomic mass is 32.1. The molecule has 0 aliphatic carbocycles. The van der Waals surface area contributed by atoms with Crippen molar-refractivity contribution in [3.05, 3.63) is 40.3 Å². The van der Waals surface area contributed by atoms with Gasteiger partial charge in [-0.1, -0.05) is 0 Å². The quantitative estimate of drug-likeness (QED) is 0.746. The maximum absolute atomic E-state index is 13.2. The largest absolute Gasteiger partial charge is 0.490 e. The van der Waals surface area contributed by atoms with E-state index in [1.807, 2.05) is 0 Å². The molecule has 3 atom stereocenters. The molecule has 1 fully saturated rings. The summed E-state index contributed by atoms with van der Waals surface area (Å²) < 4.78 is 12.0. The minimum Gasteiger partial charge on any atom is -0.490 e. The van der Waals surface area contributed by atoms with Crippen LogP contribution in [0.15, 0.2) is 29.1 Å². The highest BCUT2D eigenvalue weighted by molar-refractivity contribution is 7.07. The first-order chi connectivity index (χ1) is 15.0. The number of rotatable bonds is 4. The Morgan fingerprint density at radius 3 is 2.90 bits per heavy atom. The number of hydrogen-bond donors (Lipinski definition) is 2. The van der Waals surface area contributed by atoms with Crippen molar-refractivity contribution in [2.75, 3.05) is 26.0 Å². The van der Waals surface area contributed by atoms with E-state index in [1.54, 1.807) is 48.1 Å². The average Bonchev–Trinajstić information content (AvgIpc) is 3.32. The maximum Gasteiger partial charge on any atom is 0.275 e. The second-order valence-corrected chi connectivity index (χ2v) is 8.30. The molecule has 4 rings (SSSR count). The van der Waals surface area contributed by atoms with Crippen molar-refractivity contribution in [2.24, 2.45) is 0 Å². The molecule has 10 heteroatoms. The van der Waals surface area contributed by atoms with Crippen molar-refractivity contribution < 1.29 is 23.9 Å². The number of likely N-dealkylation sites (N-methyl/N-ethyl adjacent to an activating group) is 1. The number of anilines is 1. The molecular formula is C21H24N4O5S. The number of benzene rings is 1. The standard InChI is InChI=1S/C21H24N4O5S/c1-22-19(26)8-13-4-5-16-18(30-13)9-29-17-6-3-12(7-14(17)21(28)25(16)2)24-20(27)15-10-31-11-23-15/h3,6-7,10-11,13,16,18H,4-5,8-9H2,1-2H3,(H,22,26)(H,24,27)/t13-,16-,18+/m1/s1. The van der Waals surface area contributed by atoms with Crippen molar-refractivity contribution in [3.8, 4) is 5.75 Å². The molecule has 1 aromatic heterocycles. The predicted molar refractivity (Wildman–Crippen MR) is 114 cm³/mol. The van der Waals surface area contributed by atoms with E-state index in [0.717, 1.165) is 0 Å².